The summed E-state index contributed by atoms with van der Waals surface area (Å²) in [4.78, 5) is 28.2. The van der Waals surface area contributed by atoms with Gasteiger partial charge in [-0.25, -0.2) is 0 Å². The van der Waals surface area contributed by atoms with Gasteiger partial charge in [-0.05, 0) is 55.0 Å². The summed E-state index contributed by atoms with van der Waals surface area (Å²) >= 11 is 0. The molecule has 1 aliphatic rings. The third kappa shape index (κ3) is 6.73. The van der Waals surface area contributed by atoms with Gasteiger partial charge < -0.3 is 19.7 Å². The van der Waals surface area contributed by atoms with E-state index in [0.29, 0.717) is 45.6 Å². The molecule has 0 spiro atoms. The maximum absolute atomic E-state index is 13.4. The monoisotopic (exact) mass is 452 g/mol. The summed E-state index contributed by atoms with van der Waals surface area (Å²) in [5, 5.41) is 3.02. The summed E-state index contributed by atoms with van der Waals surface area (Å²) in [6.45, 7) is 8.23. The Morgan fingerprint density at radius 1 is 1.06 bits per heavy atom. The Balaban J connectivity index is 1.74. The molecule has 3 rings (SSSR count). The molecule has 1 heterocycles. The maximum Gasteiger partial charge on any atom is 0.242 e. The molecule has 0 radical (unpaired) electrons. The van der Waals surface area contributed by atoms with E-state index >= 15 is 0 Å². The van der Waals surface area contributed by atoms with E-state index in [-0.39, 0.29) is 11.8 Å². The summed E-state index contributed by atoms with van der Waals surface area (Å²) in [6.07, 6.45) is 3.41. The van der Waals surface area contributed by atoms with E-state index in [1.54, 1.807) is 4.90 Å². The molecule has 33 heavy (non-hydrogen) atoms. The number of unbranched alkanes of at least 4 members (excludes halogenated alkanes) is 1. The molecule has 0 saturated heterocycles. The zero-order chi connectivity index (χ0) is 23.6. The van der Waals surface area contributed by atoms with Gasteiger partial charge in [0.25, 0.3) is 0 Å². The highest BCUT2D eigenvalue weighted by Gasteiger charge is 2.28. The standard InChI is InChI=1S/C27H36N2O4/c1-4-6-15-28-27(31)23(5-2)29(19-22-10-8-7-9-20(22)3)26(30)14-12-21-11-13-24-25(18-21)33-17-16-32-24/h7-11,13,18,23H,4-6,12,14-17,19H2,1-3H3,(H,28,31)/t23-/m0/s1. The number of hydrogen-bond donors (Lipinski definition) is 1. The fourth-order valence-electron chi connectivity index (χ4n) is 4.03. The Labute approximate surface area is 197 Å². The summed E-state index contributed by atoms with van der Waals surface area (Å²) in [7, 11) is 0. The lowest BCUT2D eigenvalue weighted by atomic mass is 10.0. The molecular formula is C27H36N2O4. The number of nitrogens with zero attached hydrogens (tertiary/aromatic N) is 1. The van der Waals surface area contributed by atoms with Crippen molar-refractivity contribution in [3.8, 4) is 11.5 Å². The van der Waals surface area contributed by atoms with Crippen LogP contribution in [0.1, 0.15) is 56.2 Å². The number of carbonyl (C=O) groups excluding carboxylic acids is 2. The zero-order valence-corrected chi connectivity index (χ0v) is 20.1. The molecule has 178 valence electrons. The van der Waals surface area contributed by atoms with Crippen LogP contribution in [0.2, 0.25) is 0 Å². The molecular weight excluding hydrogens is 416 g/mol. The van der Waals surface area contributed by atoms with Crippen molar-refractivity contribution < 1.29 is 19.1 Å². The van der Waals surface area contributed by atoms with Crippen LogP contribution in [0, 0.1) is 6.92 Å². The highest BCUT2D eigenvalue weighted by molar-refractivity contribution is 5.87. The number of nitrogens with one attached hydrogen (secondary N) is 1. The number of carbonyl (C=O) groups is 2. The number of fused-ring (bicyclic) bond motifs is 1. The van der Waals surface area contributed by atoms with Gasteiger partial charge >= 0.3 is 0 Å². The van der Waals surface area contributed by atoms with Crippen LogP contribution >= 0.6 is 0 Å². The summed E-state index contributed by atoms with van der Waals surface area (Å²) in [5.41, 5.74) is 3.19. The first-order valence-electron chi connectivity index (χ1n) is 12.0. The van der Waals surface area contributed by atoms with Crippen LogP contribution in [0.25, 0.3) is 0 Å². The topological polar surface area (TPSA) is 67.9 Å². The Morgan fingerprint density at radius 2 is 1.82 bits per heavy atom. The number of hydrogen-bond acceptors (Lipinski definition) is 4. The van der Waals surface area contributed by atoms with Crippen molar-refractivity contribution in [3.05, 3.63) is 59.2 Å². The van der Waals surface area contributed by atoms with Crippen molar-refractivity contribution in [2.75, 3.05) is 19.8 Å². The lowest BCUT2D eigenvalue weighted by molar-refractivity contribution is -0.141. The Hall–Kier alpha value is -3.02. The maximum atomic E-state index is 13.4. The summed E-state index contributed by atoms with van der Waals surface area (Å²) in [6, 6.07) is 13.4. The van der Waals surface area contributed by atoms with Crippen molar-refractivity contribution in [1.82, 2.24) is 10.2 Å². The Kier molecular flexibility index (Phi) is 9.16. The average molecular weight is 453 g/mol. The van der Waals surface area contributed by atoms with Crippen molar-refractivity contribution in [2.45, 2.75) is 65.5 Å². The lowest BCUT2D eigenvalue weighted by Gasteiger charge is -2.31. The predicted octanol–water partition coefficient (Wildman–Crippen LogP) is 4.42. The van der Waals surface area contributed by atoms with E-state index in [1.807, 2.05) is 56.3 Å². The normalized spacial score (nSPS) is 13.3. The van der Waals surface area contributed by atoms with Gasteiger partial charge in [-0.2, -0.15) is 0 Å². The van der Waals surface area contributed by atoms with E-state index in [1.165, 1.54) is 0 Å². The molecule has 6 heteroatoms. The van der Waals surface area contributed by atoms with Gasteiger partial charge in [-0.15, -0.1) is 0 Å². The highest BCUT2D eigenvalue weighted by atomic mass is 16.6. The molecule has 0 fully saturated rings. The third-order valence-electron chi connectivity index (χ3n) is 6.05. The molecule has 1 N–H and O–H groups in total. The highest BCUT2D eigenvalue weighted by Crippen LogP contribution is 2.31. The van der Waals surface area contributed by atoms with E-state index < -0.39 is 6.04 Å². The molecule has 2 aromatic carbocycles. The Morgan fingerprint density at radius 3 is 2.55 bits per heavy atom. The first-order valence-corrected chi connectivity index (χ1v) is 12.0. The molecule has 0 aromatic heterocycles. The lowest BCUT2D eigenvalue weighted by Crippen LogP contribution is -2.49. The van der Waals surface area contributed by atoms with Crippen LogP contribution in [0.5, 0.6) is 11.5 Å². The minimum absolute atomic E-state index is 0.0226. The molecule has 1 atom stereocenters. The van der Waals surface area contributed by atoms with Crippen LogP contribution in [-0.4, -0.2) is 42.5 Å². The number of ether oxygens (including phenoxy) is 2. The van der Waals surface area contributed by atoms with Gasteiger partial charge in [0.15, 0.2) is 11.5 Å². The second-order valence-corrected chi connectivity index (χ2v) is 8.49. The molecule has 0 bridgehead atoms. The van der Waals surface area contributed by atoms with E-state index in [9.17, 15) is 9.59 Å². The molecule has 6 nitrogen and oxygen atoms in total. The third-order valence-corrected chi connectivity index (χ3v) is 6.05. The van der Waals surface area contributed by atoms with E-state index in [4.69, 9.17) is 9.47 Å². The van der Waals surface area contributed by atoms with Crippen LogP contribution < -0.4 is 14.8 Å². The van der Waals surface area contributed by atoms with Crippen LogP contribution in [0.4, 0.5) is 0 Å². The summed E-state index contributed by atoms with van der Waals surface area (Å²) < 4.78 is 11.3. The van der Waals surface area contributed by atoms with Crippen molar-refractivity contribution in [1.29, 1.82) is 0 Å². The van der Waals surface area contributed by atoms with Gasteiger partial charge in [-0.3, -0.25) is 9.59 Å². The van der Waals surface area contributed by atoms with Gasteiger partial charge in [0.2, 0.25) is 11.8 Å². The largest absolute Gasteiger partial charge is 0.486 e. The molecule has 0 unspecified atom stereocenters. The molecule has 0 aliphatic carbocycles. The molecule has 2 aromatic rings. The first kappa shape index (κ1) is 24.6. The van der Waals surface area contributed by atoms with E-state index in [2.05, 4.69) is 12.2 Å². The molecule has 2 amide bonds. The van der Waals surface area contributed by atoms with Crippen LogP contribution in [-0.2, 0) is 22.6 Å². The van der Waals surface area contributed by atoms with Gasteiger partial charge in [-0.1, -0.05) is 50.6 Å². The number of rotatable bonds is 11. The predicted molar refractivity (Wildman–Crippen MR) is 129 cm³/mol. The fourth-order valence-corrected chi connectivity index (χ4v) is 4.03. The van der Waals surface area contributed by atoms with Crippen molar-refractivity contribution in [2.24, 2.45) is 0 Å². The Bertz CT molecular complexity index is 943. The second-order valence-electron chi connectivity index (χ2n) is 8.49. The zero-order valence-electron chi connectivity index (χ0n) is 20.1. The van der Waals surface area contributed by atoms with Crippen LogP contribution in [0.3, 0.4) is 0 Å². The smallest absolute Gasteiger partial charge is 0.242 e. The van der Waals surface area contributed by atoms with Crippen LogP contribution in [0.15, 0.2) is 42.5 Å². The van der Waals surface area contributed by atoms with Crippen molar-refractivity contribution in [3.63, 3.8) is 0 Å². The minimum atomic E-state index is -0.491. The molecule has 1 aliphatic heterocycles. The molecule has 0 saturated carbocycles. The number of amides is 2. The van der Waals surface area contributed by atoms with Crippen molar-refractivity contribution >= 4 is 11.8 Å². The minimum Gasteiger partial charge on any atom is -0.486 e. The first-order chi connectivity index (χ1) is 16.0. The van der Waals surface area contributed by atoms with E-state index in [0.717, 1.165) is 41.0 Å². The number of aryl methyl sites for hydroxylation is 2. The number of benzene rings is 2. The SMILES string of the molecule is CCCCNC(=O)[C@H](CC)N(Cc1ccccc1C)C(=O)CCc1ccc2c(c1)OCCO2. The van der Waals surface area contributed by atoms with Gasteiger partial charge in [0, 0.05) is 19.5 Å². The fraction of sp³-hybridized carbons (Fsp3) is 0.481. The van der Waals surface area contributed by atoms with Gasteiger partial charge in [0.1, 0.15) is 19.3 Å². The summed E-state index contributed by atoms with van der Waals surface area (Å²) in [5.74, 6) is 1.37. The average Bonchev–Trinajstić information content (AvgIpc) is 2.83. The second kappa shape index (κ2) is 12.3. The quantitative estimate of drug-likeness (QED) is 0.513. The van der Waals surface area contributed by atoms with Gasteiger partial charge in [0.05, 0.1) is 0 Å².